The molecule has 0 saturated carbocycles. The lowest BCUT2D eigenvalue weighted by molar-refractivity contribution is -0.137. The van der Waals surface area contributed by atoms with Gasteiger partial charge in [0.15, 0.2) is 5.01 Å². The molecular weight excluding hydrogens is 555 g/mol. The number of alkyl halides is 3. The second-order valence-corrected chi connectivity index (χ2v) is 10.5. The molecule has 12 heteroatoms. The van der Waals surface area contributed by atoms with E-state index < -0.39 is 35.7 Å². The molecule has 0 radical (unpaired) electrons. The van der Waals surface area contributed by atoms with E-state index in [0.717, 1.165) is 28.4 Å². The first-order valence-electron chi connectivity index (χ1n) is 12.7. The van der Waals surface area contributed by atoms with E-state index in [2.05, 4.69) is 20.9 Å². The molecule has 2 aromatic heterocycles. The highest BCUT2D eigenvalue weighted by atomic mass is 32.1. The zero-order valence-electron chi connectivity index (χ0n) is 22.3. The predicted molar refractivity (Wildman–Crippen MR) is 149 cm³/mol. The SMILES string of the molecule is C#Cc1nc(C(=O)N(c2cc(OC(C)C)cc(C(F)(F)F)c2)C2CCN(c3nc(C)nc4ccccc34)C2=O)cs1. The highest BCUT2D eigenvalue weighted by Crippen LogP contribution is 2.38. The molecule has 3 heterocycles. The molecule has 41 heavy (non-hydrogen) atoms. The topological polar surface area (TPSA) is 88.5 Å². The number of thiazole rings is 1. The molecule has 1 atom stereocenters. The predicted octanol–water partition coefficient (Wildman–Crippen LogP) is 5.63. The van der Waals surface area contributed by atoms with Gasteiger partial charge in [-0.25, -0.2) is 15.0 Å². The van der Waals surface area contributed by atoms with Gasteiger partial charge in [0.2, 0.25) is 0 Å². The minimum absolute atomic E-state index is 0.0822. The first-order valence-corrected chi connectivity index (χ1v) is 13.5. The maximum Gasteiger partial charge on any atom is 0.416 e. The van der Waals surface area contributed by atoms with Gasteiger partial charge in [0.05, 0.1) is 17.2 Å². The van der Waals surface area contributed by atoms with Gasteiger partial charge in [-0.05, 0) is 57.4 Å². The van der Waals surface area contributed by atoms with Crippen molar-refractivity contribution in [3.05, 3.63) is 69.9 Å². The maximum absolute atomic E-state index is 14.0. The van der Waals surface area contributed by atoms with Gasteiger partial charge in [-0.1, -0.05) is 12.1 Å². The Morgan fingerprint density at radius 2 is 1.95 bits per heavy atom. The van der Waals surface area contributed by atoms with Crippen molar-refractivity contribution in [2.24, 2.45) is 0 Å². The number of carbonyl (C=O) groups is 2. The minimum Gasteiger partial charge on any atom is -0.491 e. The summed E-state index contributed by atoms with van der Waals surface area (Å²) in [6.45, 7) is 5.22. The van der Waals surface area contributed by atoms with Crippen molar-refractivity contribution in [1.82, 2.24) is 15.0 Å². The number of amides is 2. The van der Waals surface area contributed by atoms with Crippen LogP contribution in [0.1, 0.15) is 47.2 Å². The third kappa shape index (κ3) is 5.58. The van der Waals surface area contributed by atoms with Crippen molar-refractivity contribution in [2.75, 3.05) is 16.3 Å². The van der Waals surface area contributed by atoms with E-state index >= 15 is 0 Å². The molecule has 0 bridgehead atoms. The van der Waals surface area contributed by atoms with E-state index in [1.807, 2.05) is 6.07 Å². The molecule has 0 spiro atoms. The van der Waals surface area contributed by atoms with Gasteiger partial charge in [-0.3, -0.25) is 19.4 Å². The third-order valence-electron chi connectivity index (χ3n) is 6.37. The van der Waals surface area contributed by atoms with Gasteiger partial charge in [-0.2, -0.15) is 13.2 Å². The molecule has 0 N–H and O–H groups in total. The Morgan fingerprint density at radius 1 is 1.20 bits per heavy atom. The van der Waals surface area contributed by atoms with Gasteiger partial charge >= 0.3 is 6.18 Å². The Labute approximate surface area is 237 Å². The molecule has 0 aliphatic carbocycles. The summed E-state index contributed by atoms with van der Waals surface area (Å²) in [5.74, 6) is 1.80. The fourth-order valence-electron chi connectivity index (χ4n) is 4.72. The summed E-state index contributed by atoms with van der Waals surface area (Å²) in [7, 11) is 0. The molecule has 1 unspecified atom stereocenters. The van der Waals surface area contributed by atoms with Gasteiger partial charge in [0.25, 0.3) is 11.8 Å². The van der Waals surface area contributed by atoms with Crippen LogP contribution in [0.15, 0.2) is 47.8 Å². The van der Waals surface area contributed by atoms with Crippen LogP contribution in [-0.2, 0) is 11.0 Å². The Hall–Kier alpha value is -4.50. The number of nitrogens with zero attached hydrogens (tertiary/aromatic N) is 5. The van der Waals surface area contributed by atoms with Gasteiger partial charge < -0.3 is 4.74 Å². The number of fused-ring (bicyclic) bond motifs is 1. The number of rotatable bonds is 6. The van der Waals surface area contributed by atoms with Crippen molar-refractivity contribution >= 4 is 45.6 Å². The van der Waals surface area contributed by atoms with E-state index in [0.29, 0.717) is 22.5 Å². The van der Waals surface area contributed by atoms with Gasteiger partial charge in [0, 0.05) is 29.1 Å². The summed E-state index contributed by atoms with van der Waals surface area (Å²) in [6, 6.07) is 9.06. The first kappa shape index (κ1) is 28.0. The molecule has 2 aromatic carbocycles. The average molecular weight is 580 g/mol. The molecule has 210 valence electrons. The van der Waals surface area contributed by atoms with Gasteiger partial charge in [0.1, 0.15) is 29.1 Å². The molecule has 2 amide bonds. The third-order valence-corrected chi connectivity index (χ3v) is 7.15. The highest BCUT2D eigenvalue weighted by molar-refractivity contribution is 7.10. The van der Waals surface area contributed by atoms with Crippen LogP contribution in [0.4, 0.5) is 24.7 Å². The number of ether oxygens (including phenoxy) is 1. The number of terminal acetylenes is 1. The summed E-state index contributed by atoms with van der Waals surface area (Å²) in [5, 5.41) is 2.28. The number of hydrogen-bond acceptors (Lipinski definition) is 7. The summed E-state index contributed by atoms with van der Waals surface area (Å²) in [6.07, 6.45) is 0.382. The number of halogens is 3. The fourth-order valence-corrected chi connectivity index (χ4v) is 5.32. The van der Waals surface area contributed by atoms with Crippen LogP contribution in [0, 0.1) is 19.3 Å². The van der Waals surface area contributed by atoms with E-state index in [1.54, 1.807) is 39.0 Å². The average Bonchev–Trinajstić information content (AvgIpc) is 3.54. The Morgan fingerprint density at radius 3 is 2.63 bits per heavy atom. The molecular formula is C29H24F3N5O3S. The number of hydrogen-bond donors (Lipinski definition) is 0. The van der Waals surface area contributed by atoms with Crippen molar-refractivity contribution in [2.45, 2.75) is 45.5 Å². The quantitative estimate of drug-likeness (QED) is 0.275. The van der Waals surface area contributed by atoms with Crippen LogP contribution < -0.4 is 14.5 Å². The maximum atomic E-state index is 14.0. The van der Waals surface area contributed by atoms with E-state index in [-0.39, 0.29) is 35.1 Å². The van der Waals surface area contributed by atoms with Crippen molar-refractivity contribution in [1.29, 1.82) is 0 Å². The second-order valence-electron chi connectivity index (χ2n) is 9.64. The molecule has 1 fully saturated rings. The van der Waals surface area contributed by atoms with Crippen LogP contribution in [0.3, 0.4) is 0 Å². The second kappa shape index (κ2) is 10.8. The number of anilines is 2. The number of aromatic nitrogens is 3. The van der Waals surface area contributed by atoms with Gasteiger partial charge in [-0.15, -0.1) is 17.8 Å². The lowest BCUT2D eigenvalue weighted by atomic mass is 10.1. The molecule has 1 saturated heterocycles. The summed E-state index contributed by atoms with van der Waals surface area (Å²) >= 11 is 1.04. The van der Waals surface area contributed by atoms with E-state index in [1.165, 1.54) is 16.3 Å². The normalized spacial score (nSPS) is 15.4. The lowest BCUT2D eigenvalue weighted by Crippen LogP contribution is -2.46. The molecule has 4 aromatic rings. The highest BCUT2D eigenvalue weighted by Gasteiger charge is 2.43. The number of carbonyl (C=O) groups excluding carboxylic acids is 2. The summed E-state index contributed by atoms with van der Waals surface area (Å²) in [5.41, 5.74) is -0.622. The Balaban J connectivity index is 1.63. The monoisotopic (exact) mass is 579 g/mol. The minimum atomic E-state index is -4.74. The fraction of sp³-hybridized carbons (Fsp3) is 0.276. The Bertz CT molecular complexity index is 1700. The zero-order chi connectivity index (χ0) is 29.5. The Kier molecular flexibility index (Phi) is 7.40. The molecule has 8 nitrogen and oxygen atoms in total. The summed E-state index contributed by atoms with van der Waals surface area (Å²) < 4.78 is 47.5. The van der Waals surface area contributed by atoms with Crippen LogP contribution in [0.2, 0.25) is 0 Å². The van der Waals surface area contributed by atoms with E-state index in [4.69, 9.17) is 11.2 Å². The summed E-state index contributed by atoms with van der Waals surface area (Å²) in [4.78, 5) is 43.4. The number of aryl methyl sites for hydroxylation is 1. The van der Waals surface area contributed by atoms with Crippen LogP contribution in [0.5, 0.6) is 5.75 Å². The number of benzene rings is 2. The molecule has 1 aliphatic rings. The van der Waals surface area contributed by atoms with Crippen LogP contribution in [-0.4, -0.2) is 45.5 Å². The molecule has 5 rings (SSSR count). The first-order chi connectivity index (χ1) is 19.5. The largest absolute Gasteiger partial charge is 0.491 e. The zero-order valence-corrected chi connectivity index (χ0v) is 23.1. The smallest absolute Gasteiger partial charge is 0.416 e. The van der Waals surface area contributed by atoms with Crippen LogP contribution >= 0.6 is 11.3 Å². The van der Waals surface area contributed by atoms with Crippen molar-refractivity contribution in [3.8, 4) is 18.1 Å². The van der Waals surface area contributed by atoms with Crippen molar-refractivity contribution in [3.63, 3.8) is 0 Å². The number of para-hydroxylation sites is 1. The standard InChI is InChI=1S/C29H24F3N5O3S/c1-5-25-35-23(15-41-25)27(38)37(19-12-18(29(30,31)32)13-20(14-19)40-16(2)3)24-10-11-36(28(24)39)26-21-8-6-7-9-22(21)33-17(4)34-26/h1,6-9,12-16,24H,10-11H2,2-4H3. The lowest BCUT2D eigenvalue weighted by Gasteiger charge is -2.29. The van der Waals surface area contributed by atoms with E-state index in [9.17, 15) is 22.8 Å². The van der Waals surface area contributed by atoms with Crippen molar-refractivity contribution < 1.29 is 27.5 Å². The van der Waals surface area contributed by atoms with Crippen LogP contribution in [0.25, 0.3) is 10.9 Å². The molecule has 1 aliphatic heterocycles.